The van der Waals surface area contributed by atoms with Crippen molar-refractivity contribution < 1.29 is 13.9 Å². The summed E-state index contributed by atoms with van der Waals surface area (Å²) in [6.45, 7) is 0. The van der Waals surface area contributed by atoms with Crippen LogP contribution in [0.5, 0.6) is 5.75 Å². The van der Waals surface area contributed by atoms with Crippen LogP contribution in [0.1, 0.15) is 11.1 Å². The van der Waals surface area contributed by atoms with Crippen molar-refractivity contribution in [3.8, 4) is 29.4 Å². The van der Waals surface area contributed by atoms with Crippen molar-refractivity contribution in [2.24, 2.45) is 0 Å². The van der Waals surface area contributed by atoms with Gasteiger partial charge in [0, 0.05) is 11.1 Å². The van der Waals surface area contributed by atoms with Gasteiger partial charge in [-0.2, -0.15) is 0 Å². The number of aromatic hydroxyl groups is 1. The van der Waals surface area contributed by atoms with E-state index in [2.05, 4.69) is 23.7 Å². The van der Waals surface area contributed by atoms with E-state index >= 15 is 0 Å². The van der Waals surface area contributed by atoms with Gasteiger partial charge in [0.05, 0.1) is 0 Å². The summed E-state index contributed by atoms with van der Waals surface area (Å²) in [6, 6.07) is 11.1. The molecule has 2 rings (SSSR count). The molecule has 0 fully saturated rings. The van der Waals surface area contributed by atoms with Crippen LogP contribution in [0.2, 0.25) is 0 Å². The highest BCUT2D eigenvalue weighted by Crippen LogP contribution is 2.20. The highest BCUT2D eigenvalue weighted by atomic mass is 19.1. The van der Waals surface area contributed by atoms with Gasteiger partial charge in [-0.1, -0.05) is 30.0 Å². The van der Waals surface area contributed by atoms with E-state index in [0.717, 1.165) is 17.7 Å². The van der Waals surface area contributed by atoms with Crippen LogP contribution >= 0.6 is 0 Å². The first kappa shape index (κ1) is 12.7. The molecule has 0 radical (unpaired) electrons. The Bertz CT molecular complexity index is 690. The molecule has 3 heteroatoms. The van der Waals surface area contributed by atoms with Gasteiger partial charge in [-0.15, -0.1) is 0 Å². The maximum Gasteiger partial charge on any atom is 0.187 e. The van der Waals surface area contributed by atoms with Gasteiger partial charge in [0.25, 0.3) is 0 Å². The first-order chi connectivity index (χ1) is 9.16. The molecule has 0 amide bonds. The highest BCUT2D eigenvalue weighted by molar-refractivity contribution is 5.45. The second-order valence-corrected chi connectivity index (χ2v) is 3.65. The van der Waals surface area contributed by atoms with Crippen LogP contribution < -0.4 is 0 Å². The Morgan fingerprint density at radius 2 is 1.32 bits per heavy atom. The lowest BCUT2D eigenvalue weighted by Gasteiger charge is -1.97. The summed E-state index contributed by atoms with van der Waals surface area (Å²) < 4.78 is 26.0. The summed E-state index contributed by atoms with van der Waals surface area (Å²) >= 11 is 0. The van der Waals surface area contributed by atoms with Crippen LogP contribution in [0.3, 0.4) is 0 Å². The van der Waals surface area contributed by atoms with E-state index in [1.807, 2.05) is 30.3 Å². The molecule has 0 aliphatic heterocycles. The standard InChI is InChI=1S/C16H8F2O/c17-14-10-13(11-15(18)16(14)19)9-5-4-8-12-6-2-1-3-7-12/h1-3,6-7,10-11,19H. The molecule has 0 aliphatic carbocycles. The zero-order valence-corrected chi connectivity index (χ0v) is 9.74. The Balaban J connectivity index is 2.20. The van der Waals surface area contributed by atoms with Crippen LogP contribution in [0.25, 0.3) is 0 Å². The normalized spacial score (nSPS) is 8.95. The van der Waals surface area contributed by atoms with Crippen LogP contribution in [-0.2, 0) is 0 Å². The third-order valence-electron chi connectivity index (χ3n) is 2.27. The Labute approximate surface area is 109 Å². The quantitative estimate of drug-likeness (QED) is 0.716. The van der Waals surface area contributed by atoms with E-state index in [1.54, 1.807) is 0 Å². The first-order valence-corrected chi connectivity index (χ1v) is 5.42. The molecule has 0 spiro atoms. The summed E-state index contributed by atoms with van der Waals surface area (Å²) in [7, 11) is 0. The lowest BCUT2D eigenvalue weighted by molar-refractivity contribution is 0.396. The molecule has 0 bridgehead atoms. The van der Waals surface area contributed by atoms with Crippen LogP contribution in [0.15, 0.2) is 42.5 Å². The molecule has 92 valence electrons. The zero-order chi connectivity index (χ0) is 13.7. The van der Waals surface area contributed by atoms with Crippen molar-refractivity contribution in [3.05, 3.63) is 65.2 Å². The van der Waals surface area contributed by atoms with E-state index in [0.29, 0.717) is 0 Å². The number of hydrogen-bond donors (Lipinski definition) is 1. The van der Waals surface area contributed by atoms with E-state index in [9.17, 15) is 8.78 Å². The average Bonchev–Trinajstić information content (AvgIpc) is 2.42. The molecule has 0 aromatic heterocycles. The van der Waals surface area contributed by atoms with Crippen LogP contribution in [0, 0.1) is 35.3 Å². The van der Waals surface area contributed by atoms with E-state index in [-0.39, 0.29) is 5.56 Å². The van der Waals surface area contributed by atoms with Crippen molar-refractivity contribution in [2.75, 3.05) is 0 Å². The van der Waals surface area contributed by atoms with E-state index in [4.69, 9.17) is 5.11 Å². The second kappa shape index (κ2) is 5.71. The molecule has 0 saturated heterocycles. The van der Waals surface area contributed by atoms with Crippen molar-refractivity contribution >= 4 is 0 Å². The van der Waals surface area contributed by atoms with Gasteiger partial charge < -0.3 is 5.11 Å². The lowest BCUT2D eigenvalue weighted by Crippen LogP contribution is -1.85. The van der Waals surface area contributed by atoms with Crippen LogP contribution in [0.4, 0.5) is 8.78 Å². The fraction of sp³-hybridized carbons (Fsp3) is 0. The molecular formula is C16H8F2O. The number of hydrogen-bond acceptors (Lipinski definition) is 1. The molecule has 0 aliphatic rings. The summed E-state index contributed by atoms with van der Waals surface area (Å²) in [5, 5.41) is 8.92. The zero-order valence-electron chi connectivity index (χ0n) is 9.74. The summed E-state index contributed by atoms with van der Waals surface area (Å²) in [5.74, 6) is 7.31. The molecule has 1 nitrogen and oxygen atoms in total. The monoisotopic (exact) mass is 254 g/mol. The molecular weight excluding hydrogens is 246 g/mol. The largest absolute Gasteiger partial charge is 0.503 e. The number of halogens is 2. The van der Waals surface area contributed by atoms with Gasteiger partial charge in [0.1, 0.15) is 0 Å². The smallest absolute Gasteiger partial charge is 0.187 e. The van der Waals surface area contributed by atoms with Crippen molar-refractivity contribution in [2.45, 2.75) is 0 Å². The van der Waals surface area contributed by atoms with Gasteiger partial charge in [-0.3, -0.25) is 0 Å². The molecule has 0 heterocycles. The molecule has 2 aromatic carbocycles. The number of rotatable bonds is 0. The Morgan fingerprint density at radius 1 is 0.789 bits per heavy atom. The minimum absolute atomic E-state index is 0.121. The van der Waals surface area contributed by atoms with E-state index < -0.39 is 17.4 Å². The maximum atomic E-state index is 13.0. The summed E-state index contributed by atoms with van der Waals surface area (Å²) in [6.07, 6.45) is 0. The Kier molecular flexibility index (Phi) is 3.81. The van der Waals surface area contributed by atoms with E-state index in [1.165, 1.54) is 0 Å². The molecule has 1 N–H and O–H groups in total. The van der Waals surface area contributed by atoms with Gasteiger partial charge in [0.2, 0.25) is 0 Å². The van der Waals surface area contributed by atoms with Gasteiger partial charge >= 0.3 is 0 Å². The highest BCUT2D eigenvalue weighted by Gasteiger charge is 2.07. The van der Waals surface area contributed by atoms with Crippen molar-refractivity contribution in [1.29, 1.82) is 0 Å². The molecule has 0 saturated carbocycles. The topological polar surface area (TPSA) is 20.2 Å². The summed E-state index contributed by atoms with van der Waals surface area (Å²) in [5.41, 5.74) is 0.926. The molecule has 2 aromatic rings. The first-order valence-electron chi connectivity index (χ1n) is 5.42. The predicted molar refractivity (Wildman–Crippen MR) is 68.2 cm³/mol. The maximum absolute atomic E-state index is 13.0. The van der Waals surface area contributed by atoms with Crippen molar-refractivity contribution in [3.63, 3.8) is 0 Å². The Morgan fingerprint density at radius 3 is 1.89 bits per heavy atom. The third-order valence-corrected chi connectivity index (χ3v) is 2.27. The second-order valence-electron chi connectivity index (χ2n) is 3.65. The van der Waals surface area contributed by atoms with Crippen molar-refractivity contribution in [1.82, 2.24) is 0 Å². The lowest BCUT2D eigenvalue weighted by atomic mass is 10.2. The minimum atomic E-state index is -1.04. The predicted octanol–water partition coefficient (Wildman–Crippen LogP) is 3.07. The molecule has 0 atom stereocenters. The fourth-order valence-electron chi connectivity index (χ4n) is 1.37. The third kappa shape index (κ3) is 3.34. The number of phenolic OH excluding ortho intramolecular Hbond substituents is 1. The van der Waals surface area contributed by atoms with Crippen LogP contribution in [-0.4, -0.2) is 5.11 Å². The Hall–Kier alpha value is -2.78. The van der Waals surface area contributed by atoms with Gasteiger partial charge in [0.15, 0.2) is 17.4 Å². The number of benzene rings is 2. The van der Waals surface area contributed by atoms with Gasteiger partial charge in [-0.05, 0) is 36.1 Å². The average molecular weight is 254 g/mol. The SMILES string of the molecule is Oc1c(F)cc(C#CC#Cc2ccccc2)cc1F. The number of phenols is 1. The minimum Gasteiger partial charge on any atom is -0.503 e. The summed E-state index contributed by atoms with van der Waals surface area (Å²) in [4.78, 5) is 0. The molecule has 19 heavy (non-hydrogen) atoms. The van der Waals surface area contributed by atoms with Gasteiger partial charge in [-0.25, -0.2) is 8.78 Å². The molecule has 0 unspecified atom stereocenters. The fourth-order valence-corrected chi connectivity index (χ4v) is 1.37.